The highest BCUT2D eigenvalue weighted by molar-refractivity contribution is 5.73. The van der Waals surface area contributed by atoms with Crippen molar-refractivity contribution in [1.29, 1.82) is 0 Å². The molecule has 0 saturated carbocycles. The number of H-pyrrole nitrogens is 1. The van der Waals surface area contributed by atoms with Gasteiger partial charge in [0.2, 0.25) is 5.82 Å². The number of amides is 2. The van der Waals surface area contributed by atoms with Crippen molar-refractivity contribution < 1.29 is 13.6 Å². The molecule has 25 heavy (non-hydrogen) atoms. The SMILES string of the molecule is Cc1cc(F)ccc1CCNC(=O)NCc1nc(-c2ccco2)n[nH]1. The van der Waals surface area contributed by atoms with Crippen LogP contribution in [0.1, 0.15) is 17.0 Å². The maximum absolute atomic E-state index is 13.1. The molecule has 2 heterocycles. The van der Waals surface area contributed by atoms with Gasteiger partial charge in [-0.1, -0.05) is 6.07 Å². The van der Waals surface area contributed by atoms with Crippen LogP contribution in [0.4, 0.5) is 9.18 Å². The highest BCUT2D eigenvalue weighted by atomic mass is 19.1. The minimum atomic E-state index is -0.310. The highest BCUT2D eigenvalue weighted by Crippen LogP contribution is 2.14. The predicted molar refractivity (Wildman–Crippen MR) is 89.2 cm³/mol. The Morgan fingerprint density at radius 3 is 2.96 bits per heavy atom. The van der Waals surface area contributed by atoms with Gasteiger partial charge in [0.05, 0.1) is 12.8 Å². The number of carbonyl (C=O) groups is 1. The lowest BCUT2D eigenvalue weighted by molar-refractivity contribution is 0.240. The van der Waals surface area contributed by atoms with E-state index in [1.54, 1.807) is 24.5 Å². The van der Waals surface area contributed by atoms with Crippen molar-refractivity contribution in [2.45, 2.75) is 19.9 Å². The van der Waals surface area contributed by atoms with E-state index in [9.17, 15) is 9.18 Å². The number of halogens is 1. The van der Waals surface area contributed by atoms with Crippen LogP contribution in [0.5, 0.6) is 0 Å². The van der Waals surface area contributed by atoms with Crippen LogP contribution in [0.2, 0.25) is 0 Å². The standard InChI is InChI=1S/C17H18FN5O2/c1-11-9-13(18)5-4-12(11)6-7-19-17(24)20-10-15-21-16(23-22-15)14-3-2-8-25-14/h2-5,8-9H,6-7,10H2,1H3,(H2,19,20,24)(H,21,22,23). The Hall–Kier alpha value is -3.16. The molecule has 8 heteroatoms. The third-order valence-corrected chi connectivity index (χ3v) is 3.67. The second kappa shape index (κ2) is 7.61. The minimum Gasteiger partial charge on any atom is -0.461 e. The molecule has 3 aromatic rings. The quantitative estimate of drug-likeness (QED) is 0.641. The Bertz CT molecular complexity index is 845. The number of aromatic nitrogens is 3. The van der Waals surface area contributed by atoms with Crippen molar-refractivity contribution in [1.82, 2.24) is 25.8 Å². The van der Waals surface area contributed by atoms with Crippen LogP contribution in [0.15, 0.2) is 41.0 Å². The molecule has 1 aromatic carbocycles. The number of nitrogens with one attached hydrogen (secondary N) is 3. The summed E-state index contributed by atoms with van der Waals surface area (Å²) in [6.07, 6.45) is 2.17. The van der Waals surface area contributed by atoms with Crippen molar-refractivity contribution >= 4 is 6.03 Å². The Morgan fingerprint density at radius 2 is 2.20 bits per heavy atom. The zero-order chi connectivity index (χ0) is 17.6. The van der Waals surface area contributed by atoms with Gasteiger partial charge in [-0.15, -0.1) is 5.10 Å². The van der Waals surface area contributed by atoms with Gasteiger partial charge in [0, 0.05) is 6.54 Å². The summed E-state index contributed by atoms with van der Waals surface area (Å²) in [6.45, 7) is 2.51. The Kier molecular flexibility index (Phi) is 5.08. The molecule has 7 nitrogen and oxygen atoms in total. The molecule has 0 saturated heterocycles. The zero-order valence-corrected chi connectivity index (χ0v) is 13.7. The monoisotopic (exact) mass is 343 g/mol. The maximum atomic E-state index is 13.1. The van der Waals surface area contributed by atoms with Crippen LogP contribution in [-0.4, -0.2) is 27.8 Å². The molecular formula is C17H18FN5O2. The molecule has 0 atom stereocenters. The fourth-order valence-corrected chi connectivity index (χ4v) is 2.37. The van der Waals surface area contributed by atoms with E-state index in [0.29, 0.717) is 30.4 Å². The van der Waals surface area contributed by atoms with Crippen LogP contribution in [0, 0.1) is 12.7 Å². The van der Waals surface area contributed by atoms with E-state index in [2.05, 4.69) is 25.8 Å². The van der Waals surface area contributed by atoms with E-state index < -0.39 is 0 Å². The van der Waals surface area contributed by atoms with Gasteiger partial charge in [-0.25, -0.2) is 14.2 Å². The minimum absolute atomic E-state index is 0.217. The molecule has 0 radical (unpaired) electrons. The molecule has 3 N–H and O–H groups in total. The lowest BCUT2D eigenvalue weighted by Crippen LogP contribution is -2.36. The molecule has 0 fully saturated rings. The summed E-state index contributed by atoms with van der Waals surface area (Å²) >= 11 is 0. The first-order valence-electron chi connectivity index (χ1n) is 7.83. The van der Waals surface area contributed by atoms with Crippen LogP contribution in [0.3, 0.4) is 0 Å². The molecule has 130 valence electrons. The summed E-state index contributed by atoms with van der Waals surface area (Å²) in [5.41, 5.74) is 1.87. The first-order chi connectivity index (χ1) is 12.1. The Labute approximate surface area is 143 Å². The summed E-state index contributed by atoms with van der Waals surface area (Å²) in [7, 11) is 0. The number of urea groups is 1. The van der Waals surface area contributed by atoms with Crippen LogP contribution in [-0.2, 0) is 13.0 Å². The van der Waals surface area contributed by atoms with E-state index >= 15 is 0 Å². The zero-order valence-electron chi connectivity index (χ0n) is 13.7. The molecule has 0 aliphatic rings. The summed E-state index contributed by atoms with van der Waals surface area (Å²) in [4.78, 5) is 16.1. The average molecular weight is 343 g/mol. The number of benzene rings is 1. The molecule has 0 aliphatic carbocycles. The summed E-state index contributed by atoms with van der Waals surface area (Å²) in [6, 6.07) is 7.83. The number of hydrogen-bond donors (Lipinski definition) is 3. The lowest BCUT2D eigenvalue weighted by Gasteiger charge is -2.08. The molecule has 0 spiro atoms. The van der Waals surface area contributed by atoms with Gasteiger partial charge < -0.3 is 15.1 Å². The van der Waals surface area contributed by atoms with Gasteiger partial charge in [-0.2, -0.15) is 0 Å². The third kappa shape index (κ3) is 4.43. The van der Waals surface area contributed by atoms with Crippen molar-refractivity contribution in [3.8, 4) is 11.6 Å². The second-order valence-electron chi connectivity index (χ2n) is 5.51. The van der Waals surface area contributed by atoms with E-state index in [0.717, 1.165) is 11.1 Å². The number of aryl methyl sites for hydroxylation is 1. The largest absolute Gasteiger partial charge is 0.461 e. The van der Waals surface area contributed by atoms with Crippen molar-refractivity contribution in [3.63, 3.8) is 0 Å². The normalized spacial score (nSPS) is 10.6. The Balaban J connectivity index is 1.42. The van der Waals surface area contributed by atoms with E-state index in [-0.39, 0.29) is 18.4 Å². The number of aromatic amines is 1. The number of rotatable bonds is 6. The van der Waals surface area contributed by atoms with Gasteiger partial charge in [0.1, 0.15) is 11.6 Å². The van der Waals surface area contributed by atoms with Gasteiger partial charge >= 0.3 is 6.03 Å². The Morgan fingerprint density at radius 1 is 1.32 bits per heavy atom. The van der Waals surface area contributed by atoms with Gasteiger partial charge in [0.15, 0.2) is 5.76 Å². The topological polar surface area (TPSA) is 95.8 Å². The molecule has 3 rings (SSSR count). The molecule has 2 amide bonds. The predicted octanol–water partition coefficient (Wildman–Crippen LogP) is 2.55. The summed E-state index contributed by atoms with van der Waals surface area (Å²) < 4.78 is 18.3. The maximum Gasteiger partial charge on any atom is 0.315 e. The van der Waals surface area contributed by atoms with Crippen molar-refractivity contribution in [3.05, 3.63) is 59.4 Å². The highest BCUT2D eigenvalue weighted by Gasteiger charge is 2.09. The third-order valence-electron chi connectivity index (χ3n) is 3.67. The summed E-state index contributed by atoms with van der Waals surface area (Å²) in [5, 5.41) is 12.2. The molecule has 2 aromatic heterocycles. The molecular weight excluding hydrogens is 325 g/mol. The van der Waals surface area contributed by atoms with E-state index in [4.69, 9.17) is 4.42 Å². The first-order valence-corrected chi connectivity index (χ1v) is 7.83. The van der Waals surface area contributed by atoms with Crippen molar-refractivity contribution in [2.75, 3.05) is 6.54 Å². The summed E-state index contributed by atoms with van der Waals surface area (Å²) in [5.74, 6) is 1.26. The molecule has 0 aliphatic heterocycles. The average Bonchev–Trinajstić information content (AvgIpc) is 3.26. The number of furan rings is 1. The van der Waals surface area contributed by atoms with Crippen LogP contribution >= 0.6 is 0 Å². The lowest BCUT2D eigenvalue weighted by atomic mass is 10.1. The van der Waals surface area contributed by atoms with E-state index in [1.807, 2.05) is 6.92 Å². The fraction of sp³-hybridized carbons (Fsp3) is 0.235. The molecule has 0 unspecified atom stereocenters. The van der Waals surface area contributed by atoms with Crippen LogP contribution in [0.25, 0.3) is 11.6 Å². The van der Waals surface area contributed by atoms with Gasteiger partial charge in [-0.3, -0.25) is 5.10 Å². The van der Waals surface area contributed by atoms with Gasteiger partial charge in [-0.05, 0) is 48.7 Å². The van der Waals surface area contributed by atoms with Crippen molar-refractivity contribution in [2.24, 2.45) is 0 Å². The van der Waals surface area contributed by atoms with Crippen LogP contribution < -0.4 is 10.6 Å². The number of carbonyl (C=O) groups excluding carboxylic acids is 1. The number of hydrogen-bond acceptors (Lipinski definition) is 4. The number of nitrogens with zero attached hydrogens (tertiary/aromatic N) is 2. The first kappa shape index (κ1) is 16.7. The van der Waals surface area contributed by atoms with E-state index in [1.165, 1.54) is 12.1 Å². The fourth-order valence-electron chi connectivity index (χ4n) is 2.37. The second-order valence-corrected chi connectivity index (χ2v) is 5.51. The van der Waals surface area contributed by atoms with Gasteiger partial charge in [0.25, 0.3) is 0 Å². The smallest absolute Gasteiger partial charge is 0.315 e. The molecule has 0 bridgehead atoms.